The van der Waals surface area contributed by atoms with E-state index in [1.807, 2.05) is 12.1 Å². The highest BCUT2D eigenvalue weighted by molar-refractivity contribution is 6.30. The smallest absolute Gasteiger partial charge is 0.0408 e. The fourth-order valence-electron chi connectivity index (χ4n) is 3.35. The van der Waals surface area contributed by atoms with Crippen LogP contribution in [0.1, 0.15) is 44.6 Å². The van der Waals surface area contributed by atoms with Gasteiger partial charge in [-0.2, -0.15) is 0 Å². The lowest BCUT2D eigenvalue weighted by atomic mass is 9.66. The molecule has 112 valence electrons. The zero-order valence-corrected chi connectivity index (χ0v) is 13.3. The first-order valence-electron chi connectivity index (χ1n) is 7.87. The molecule has 0 saturated heterocycles. The zero-order valence-electron chi connectivity index (χ0n) is 12.5. The van der Waals surface area contributed by atoms with Crippen LogP contribution in [0, 0.1) is 5.92 Å². The monoisotopic (exact) mass is 294 g/mol. The standard InChI is InChI=1S/C17H27ClN2/c1-2-10-20-12-14-6-8-17(13-19,9-7-14)15-4-3-5-16(18)11-15/h3-5,11,14,20H,2,6-10,12-13,19H2,1H3. The van der Waals surface area contributed by atoms with Crippen LogP contribution in [0.15, 0.2) is 24.3 Å². The van der Waals surface area contributed by atoms with Crippen molar-refractivity contribution in [2.24, 2.45) is 11.7 Å². The number of nitrogens with two attached hydrogens (primary N) is 1. The Morgan fingerprint density at radius 1 is 1.35 bits per heavy atom. The van der Waals surface area contributed by atoms with Crippen LogP contribution in [0.4, 0.5) is 0 Å². The topological polar surface area (TPSA) is 38.0 Å². The number of halogens is 1. The maximum absolute atomic E-state index is 6.15. The normalized spacial score (nSPS) is 26.6. The Hall–Kier alpha value is -0.570. The summed E-state index contributed by atoms with van der Waals surface area (Å²) in [7, 11) is 0. The molecule has 0 aromatic heterocycles. The van der Waals surface area contributed by atoms with Crippen LogP contribution in [0.2, 0.25) is 5.02 Å². The van der Waals surface area contributed by atoms with Gasteiger partial charge in [-0.15, -0.1) is 0 Å². The molecule has 0 radical (unpaired) electrons. The molecule has 1 aromatic carbocycles. The van der Waals surface area contributed by atoms with E-state index in [1.165, 1.54) is 37.7 Å². The number of rotatable bonds is 6. The summed E-state index contributed by atoms with van der Waals surface area (Å²) in [5.41, 5.74) is 7.60. The molecule has 2 rings (SSSR count). The van der Waals surface area contributed by atoms with Crippen molar-refractivity contribution in [2.45, 2.75) is 44.4 Å². The van der Waals surface area contributed by atoms with Gasteiger partial charge in [-0.25, -0.2) is 0 Å². The molecule has 0 bridgehead atoms. The van der Waals surface area contributed by atoms with Gasteiger partial charge in [0, 0.05) is 17.0 Å². The fraction of sp³-hybridized carbons (Fsp3) is 0.647. The molecule has 0 atom stereocenters. The second-order valence-corrected chi connectivity index (χ2v) is 6.58. The van der Waals surface area contributed by atoms with Crippen LogP contribution >= 0.6 is 11.6 Å². The van der Waals surface area contributed by atoms with Crippen molar-refractivity contribution in [1.29, 1.82) is 0 Å². The first kappa shape index (κ1) is 15.8. The molecule has 20 heavy (non-hydrogen) atoms. The minimum atomic E-state index is 0.145. The van der Waals surface area contributed by atoms with Crippen LogP contribution in [0.25, 0.3) is 0 Å². The second kappa shape index (κ2) is 7.44. The number of hydrogen-bond acceptors (Lipinski definition) is 2. The van der Waals surface area contributed by atoms with Gasteiger partial charge in [0.1, 0.15) is 0 Å². The van der Waals surface area contributed by atoms with Crippen LogP contribution in [-0.4, -0.2) is 19.6 Å². The zero-order chi connectivity index (χ0) is 14.4. The van der Waals surface area contributed by atoms with E-state index >= 15 is 0 Å². The molecular weight excluding hydrogens is 268 g/mol. The van der Waals surface area contributed by atoms with Crippen molar-refractivity contribution < 1.29 is 0 Å². The van der Waals surface area contributed by atoms with Gasteiger partial charge in [0.2, 0.25) is 0 Å². The Kier molecular flexibility index (Phi) is 5.88. The van der Waals surface area contributed by atoms with E-state index < -0.39 is 0 Å². The molecule has 0 spiro atoms. The predicted molar refractivity (Wildman–Crippen MR) is 87.3 cm³/mol. The average Bonchev–Trinajstić information content (AvgIpc) is 2.48. The molecule has 3 N–H and O–H groups in total. The molecule has 0 amide bonds. The Bertz CT molecular complexity index is 411. The molecule has 1 aliphatic rings. The van der Waals surface area contributed by atoms with E-state index in [0.29, 0.717) is 0 Å². The van der Waals surface area contributed by atoms with E-state index in [0.717, 1.165) is 30.6 Å². The van der Waals surface area contributed by atoms with E-state index in [-0.39, 0.29) is 5.41 Å². The van der Waals surface area contributed by atoms with Gasteiger partial charge in [0.25, 0.3) is 0 Å². The summed E-state index contributed by atoms with van der Waals surface area (Å²) in [6, 6.07) is 8.28. The lowest BCUT2D eigenvalue weighted by Gasteiger charge is -2.40. The molecular formula is C17H27ClN2. The van der Waals surface area contributed by atoms with Gasteiger partial charge in [0.05, 0.1) is 0 Å². The molecule has 1 fully saturated rings. The highest BCUT2D eigenvalue weighted by Gasteiger charge is 2.35. The van der Waals surface area contributed by atoms with Crippen molar-refractivity contribution in [3.05, 3.63) is 34.9 Å². The first-order chi connectivity index (χ1) is 9.70. The van der Waals surface area contributed by atoms with Gasteiger partial charge in [-0.1, -0.05) is 30.7 Å². The fourth-order valence-corrected chi connectivity index (χ4v) is 3.54. The highest BCUT2D eigenvalue weighted by atomic mass is 35.5. The summed E-state index contributed by atoms with van der Waals surface area (Å²) >= 11 is 6.15. The molecule has 3 heteroatoms. The molecule has 2 nitrogen and oxygen atoms in total. The van der Waals surface area contributed by atoms with Crippen molar-refractivity contribution >= 4 is 11.6 Å². The summed E-state index contributed by atoms with van der Waals surface area (Å²) in [5, 5.41) is 4.37. The highest BCUT2D eigenvalue weighted by Crippen LogP contribution is 2.41. The van der Waals surface area contributed by atoms with Gasteiger partial charge in [-0.05, 0) is 68.8 Å². The van der Waals surface area contributed by atoms with E-state index in [2.05, 4.69) is 24.4 Å². The summed E-state index contributed by atoms with van der Waals surface area (Å²) < 4.78 is 0. The van der Waals surface area contributed by atoms with Crippen molar-refractivity contribution in [3.63, 3.8) is 0 Å². The maximum atomic E-state index is 6.15. The second-order valence-electron chi connectivity index (χ2n) is 6.14. The average molecular weight is 295 g/mol. The summed E-state index contributed by atoms with van der Waals surface area (Å²) in [5.74, 6) is 0.806. The van der Waals surface area contributed by atoms with Crippen LogP contribution in [0.3, 0.4) is 0 Å². The molecule has 1 aromatic rings. The lowest BCUT2D eigenvalue weighted by molar-refractivity contribution is 0.231. The third-order valence-electron chi connectivity index (χ3n) is 4.75. The Morgan fingerprint density at radius 3 is 2.70 bits per heavy atom. The molecule has 1 saturated carbocycles. The van der Waals surface area contributed by atoms with Crippen molar-refractivity contribution in [2.75, 3.05) is 19.6 Å². The molecule has 1 aliphatic carbocycles. The van der Waals surface area contributed by atoms with Crippen LogP contribution in [0.5, 0.6) is 0 Å². The van der Waals surface area contributed by atoms with Crippen molar-refractivity contribution in [1.82, 2.24) is 5.32 Å². The Labute approximate surface area is 128 Å². The van der Waals surface area contributed by atoms with E-state index in [9.17, 15) is 0 Å². The molecule has 0 heterocycles. The third kappa shape index (κ3) is 3.75. The molecule has 0 unspecified atom stereocenters. The van der Waals surface area contributed by atoms with Gasteiger partial charge in [-0.3, -0.25) is 0 Å². The lowest BCUT2D eigenvalue weighted by Crippen LogP contribution is -2.40. The number of nitrogens with one attached hydrogen (secondary N) is 1. The van der Waals surface area contributed by atoms with E-state index in [4.69, 9.17) is 17.3 Å². The predicted octanol–water partition coefficient (Wildman–Crippen LogP) is 3.73. The van der Waals surface area contributed by atoms with Gasteiger partial charge in [0.15, 0.2) is 0 Å². The van der Waals surface area contributed by atoms with Gasteiger partial charge < -0.3 is 11.1 Å². The maximum Gasteiger partial charge on any atom is 0.0408 e. The van der Waals surface area contributed by atoms with E-state index in [1.54, 1.807) is 0 Å². The largest absolute Gasteiger partial charge is 0.330 e. The Balaban J connectivity index is 1.98. The minimum absolute atomic E-state index is 0.145. The Morgan fingerprint density at radius 2 is 2.10 bits per heavy atom. The van der Waals surface area contributed by atoms with Crippen LogP contribution < -0.4 is 11.1 Å². The quantitative estimate of drug-likeness (QED) is 0.785. The van der Waals surface area contributed by atoms with Crippen LogP contribution in [-0.2, 0) is 5.41 Å². The van der Waals surface area contributed by atoms with Gasteiger partial charge >= 0.3 is 0 Å². The minimum Gasteiger partial charge on any atom is -0.330 e. The molecule has 0 aliphatic heterocycles. The summed E-state index contributed by atoms with van der Waals surface area (Å²) in [6.07, 6.45) is 6.10. The summed E-state index contributed by atoms with van der Waals surface area (Å²) in [6.45, 7) is 5.23. The number of hydrogen-bond donors (Lipinski definition) is 2. The third-order valence-corrected chi connectivity index (χ3v) is 4.98. The summed E-state index contributed by atoms with van der Waals surface area (Å²) in [4.78, 5) is 0. The van der Waals surface area contributed by atoms with Crippen molar-refractivity contribution in [3.8, 4) is 0 Å². The number of benzene rings is 1. The SMILES string of the molecule is CCCNCC1CCC(CN)(c2cccc(Cl)c2)CC1. The first-order valence-corrected chi connectivity index (χ1v) is 8.25.